The Bertz CT molecular complexity index is 224. The third-order valence-corrected chi connectivity index (χ3v) is 3.56. The van der Waals surface area contributed by atoms with Crippen LogP contribution in [0.4, 0.5) is 0 Å². The molecule has 0 spiro atoms. The molecule has 4 heteroatoms. The van der Waals surface area contributed by atoms with Crippen molar-refractivity contribution in [1.82, 2.24) is 15.5 Å². The molecule has 2 aliphatic heterocycles. The summed E-state index contributed by atoms with van der Waals surface area (Å²) < 4.78 is 5.95. The minimum Gasteiger partial charge on any atom is -0.371 e. The molecule has 4 nitrogen and oxygen atoms in total. The smallest absolute Gasteiger partial charge is 0.0830 e. The summed E-state index contributed by atoms with van der Waals surface area (Å²) in [5.74, 6) is 0. The van der Waals surface area contributed by atoms with Crippen LogP contribution in [-0.2, 0) is 4.74 Å². The maximum atomic E-state index is 5.95. The van der Waals surface area contributed by atoms with E-state index in [1.807, 2.05) is 0 Å². The van der Waals surface area contributed by atoms with E-state index in [4.69, 9.17) is 4.74 Å². The second kappa shape index (κ2) is 5.45. The van der Waals surface area contributed by atoms with E-state index in [1.165, 1.54) is 0 Å². The fourth-order valence-corrected chi connectivity index (χ4v) is 2.59. The summed E-state index contributed by atoms with van der Waals surface area (Å²) in [6.45, 7) is 12.0. The number of hydrogen-bond donors (Lipinski definition) is 2. The first-order valence-corrected chi connectivity index (χ1v) is 6.48. The van der Waals surface area contributed by atoms with Gasteiger partial charge in [-0.1, -0.05) is 0 Å². The zero-order chi connectivity index (χ0) is 11.5. The molecule has 16 heavy (non-hydrogen) atoms. The zero-order valence-corrected chi connectivity index (χ0v) is 10.7. The molecule has 0 unspecified atom stereocenters. The van der Waals surface area contributed by atoms with Crippen LogP contribution in [0.3, 0.4) is 0 Å². The van der Waals surface area contributed by atoms with Gasteiger partial charge in [-0.25, -0.2) is 0 Å². The Balaban J connectivity index is 1.82. The number of nitrogens with one attached hydrogen (secondary N) is 2. The van der Waals surface area contributed by atoms with Crippen molar-refractivity contribution < 1.29 is 4.74 Å². The summed E-state index contributed by atoms with van der Waals surface area (Å²) in [6, 6.07) is 1.22. The summed E-state index contributed by atoms with van der Waals surface area (Å²) in [7, 11) is 0. The normalized spacial score (nSPS) is 42.2. The first-order valence-electron chi connectivity index (χ1n) is 6.48. The van der Waals surface area contributed by atoms with E-state index in [-0.39, 0.29) is 0 Å². The monoisotopic (exact) mass is 227 g/mol. The SMILES string of the molecule is C[C@@H]1CNC[C@@H](CN2C[C@H](C)NC[C@H]2C)O1. The second-order valence-electron chi connectivity index (χ2n) is 5.34. The maximum absolute atomic E-state index is 5.95. The topological polar surface area (TPSA) is 36.5 Å². The van der Waals surface area contributed by atoms with E-state index >= 15 is 0 Å². The van der Waals surface area contributed by atoms with Gasteiger partial charge in [0.2, 0.25) is 0 Å². The number of piperazine rings is 1. The Kier molecular flexibility index (Phi) is 4.19. The molecule has 4 atom stereocenters. The molecular weight excluding hydrogens is 202 g/mol. The average molecular weight is 227 g/mol. The molecule has 0 saturated carbocycles. The van der Waals surface area contributed by atoms with Gasteiger partial charge in [-0.05, 0) is 20.8 Å². The van der Waals surface area contributed by atoms with Gasteiger partial charge in [0, 0.05) is 44.8 Å². The Morgan fingerprint density at radius 3 is 2.75 bits per heavy atom. The fourth-order valence-electron chi connectivity index (χ4n) is 2.59. The Morgan fingerprint density at radius 2 is 2.00 bits per heavy atom. The Labute approximate surface area is 98.7 Å². The lowest BCUT2D eigenvalue weighted by atomic mass is 10.1. The van der Waals surface area contributed by atoms with Gasteiger partial charge < -0.3 is 15.4 Å². The minimum absolute atomic E-state index is 0.356. The number of ether oxygens (including phenoxy) is 1. The first kappa shape index (κ1) is 12.3. The van der Waals surface area contributed by atoms with Crippen LogP contribution in [-0.4, -0.2) is 61.9 Å². The molecule has 0 aromatic heterocycles. The Hall–Kier alpha value is -0.160. The van der Waals surface area contributed by atoms with Crippen LogP contribution < -0.4 is 10.6 Å². The number of hydrogen-bond acceptors (Lipinski definition) is 4. The van der Waals surface area contributed by atoms with Crippen LogP contribution in [0.1, 0.15) is 20.8 Å². The summed E-state index contributed by atoms with van der Waals surface area (Å²) in [5.41, 5.74) is 0. The molecule has 2 heterocycles. The molecule has 0 bridgehead atoms. The highest BCUT2D eigenvalue weighted by Crippen LogP contribution is 2.11. The molecule has 2 aliphatic rings. The second-order valence-corrected chi connectivity index (χ2v) is 5.34. The highest BCUT2D eigenvalue weighted by molar-refractivity contribution is 4.84. The third-order valence-electron chi connectivity index (χ3n) is 3.56. The lowest BCUT2D eigenvalue weighted by Crippen LogP contribution is -2.58. The molecule has 2 saturated heterocycles. The van der Waals surface area contributed by atoms with E-state index < -0.39 is 0 Å². The van der Waals surface area contributed by atoms with Gasteiger partial charge >= 0.3 is 0 Å². The van der Waals surface area contributed by atoms with E-state index in [9.17, 15) is 0 Å². The molecule has 0 amide bonds. The number of rotatable bonds is 2. The molecule has 0 radical (unpaired) electrons. The van der Waals surface area contributed by atoms with Crippen molar-refractivity contribution >= 4 is 0 Å². The van der Waals surface area contributed by atoms with Crippen molar-refractivity contribution in [3.8, 4) is 0 Å². The first-order chi connectivity index (χ1) is 7.65. The van der Waals surface area contributed by atoms with Crippen LogP contribution in [0.5, 0.6) is 0 Å². The molecular formula is C12H25N3O. The molecule has 2 fully saturated rings. The molecule has 2 N–H and O–H groups in total. The molecule has 94 valence electrons. The van der Waals surface area contributed by atoms with Crippen LogP contribution in [0, 0.1) is 0 Å². The van der Waals surface area contributed by atoms with Crippen molar-refractivity contribution in [2.24, 2.45) is 0 Å². The van der Waals surface area contributed by atoms with Gasteiger partial charge in [0.1, 0.15) is 0 Å². The van der Waals surface area contributed by atoms with Crippen LogP contribution in [0.2, 0.25) is 0 Å². The standard InChI is InChI=1S/C12H25N3O/c1-9-7-15(10(2)4-14-9)8-12-6-13-5-11(3)16-12/h9-14H,4-8H2,1-3H3/t9-,10+,11+,12-/m0/s1. The minimum atomic E-state index is 0.356. The maximum Gasteiger partial charge on any atom is 0.0830 e. The van der Waals surface area contributed by atoms with E-state index in [1.54, 1.807) is 0 Å². The van der Waals surface area contributed by atoms with Gasteiger partial charge in [-0.2, -0.15) is 0 Å². The quantitative estimate of drug-likeness (QED) is 0.699. The van der Waals surface area contributed by atoms with Gasteiger partial charge in [0.05, 0.1) is 12.2 Å². The van der Waals surface area contributed by atoms with E-state index in [0.29, 0.717) is 24.3 Å². The summed E-state index contributed by atoms with van der Waals surface area (Å²) in [6.07, 6.45) is 0.714. The predicted molar refractivity (Wildman–Crippen MR) is 65.7 cm³/mol. The van der Waals surface area contributed by atoms with Crippen LogP contribution >= 0.6 is 0 Å². The van der Waals surface area contributed by atoms with Gasteiger partial charge in [-0.15, -0.1) is 0 Å². The summed E-state index contributed by atoms with van der Waals surface area (Å²) >= 11 is 0. The van der Waals surface area contributed by atoms with Crippen molar-refractivity contribution in [2.75, 3.05) is 32.7 Å². The average Bonchev–Trinajstić information content (AvgIpc) is 2.24. The zero-order valence-electron chi connectivity index (χ0n) is 10.7. The molecule has 0 aromatic carbocycles. The van der Waals surface area contributed by atoms with E-state index in [0.717, 1.165) is 32.7 Å². The highest BCUT2D eigenvalue weighted by atomic mass is 16.5. The van der Waals surface area contributed by atoms with E-state index in [2.05, 4.69) is 36.3 Å². The molecule has 0 aliphatic carbocycles. The van der Waals surface area contributed by atoms with Crippen molar-refractivity contribution in [2.45, 2.75) is 45.1 Å². The van der Waals surface area contributed by atoms with Gasteiger partial charge in [-0.3, -0.25) is 4.90 Å². The Morgan fingerprint density at radius 1 is 1.19 bits per heavy atom. The number of nitrogens with zero attached hydrogens (tertiary/aromatic N) is 1. The third kappa shape index (κ3) is 3.17. The van der Waals surface area contributed by atoms with Crippen molar-refractivity contribution in [3.63, 3.8) is 0 Å². The largest absolute Gasteiger partial charge is 0.371 e. The predicted octanol–water partition coefficient (Wildman–Crippen LogP) is 0.0455. The lowest BCUT2D eigenvalue weighted by Gasteiger charge is -2.40. The van der Waals surface area contributed by atoms with Gasteiger partial charge in [0.15, 0.2) is 0 Å². The fraction of sp³-hybridized carbons (Fsp3) is 1.00. The molecule has 0 aromatic rings. The van der Waals surface area contributed by atoms with Gasteiger partial charge in [0.25, 0.3) is 0 Å². The number of morpholine rings is 1. The lowest BCUT2D eigenvalue weighted by molar-refractivity contribution is -0.0508. The summed E-state index contributed by atoms with van der Waals surface area (Å²) in [4.78, 5) is 2.55. The van der Waals surface area contributed by atoms with Crippen molar-refractivity contribution in [1.29, 1.82) is 0 Å². The van der Waals surface area contributed by atoms with Crippen LogP contribution in [0.25, 0.3) is 0 Å². The highest BCUT2D eigenvalue weighted by Gasteiger charge is 2.27. The van der Waals surface area contributed by atoms with Crippen LogP contribution in [0.15, 0.2) is 0 Å². The van der Waals surface area contributed by atoms with Crippen molar-refractivity contribution in [3.05, 3.63) is 0 Å². The summed E-state index contributed by atoms with van der Waals surface area (Å²) in [5, 5.41) is 6.94. The molecule has 2 rings (SSSR count).